The molecule has 1 aromatic carbocycles. The summed E-state index contributed by atoms with van der Waals surface area (Å²) in [6.07, 6.45) is 1.08. The minimum atomic E-state index is -0.158. The Hall–Kier alpha value is -1.88. The number of carbonyl (C=O) groups is 2. The molecule has 5 nitrogen and oxygen atoms in total. The number of nitrogens with two attached hydrogens (primary N) is 1. The first-order valence-corrected chi connectivity index (χ1v) is 9.67. The topological polar surface area (TPSA) is 74.8 Å². The summed E-state index contributed by atoms with van der Waals surface area (Å²) in [5.74, 6) is 0.772. The molecule has 0 saturated carbocycles. The second-order valence-electron chi connectivity index (χ2n) is 8.05. The molecule has 26 heavy (non-hydrogen) atoms. The van der Waals surface area contributed by atoms with Crippen LogP contribution in [-0.4, -0.2) is 30.9 Å². The van der Waals surface area contributed by atoms with E-state index in [1.165, 1.54) is 11.1 Å². The zero-order valence-electron chi connectivity index (χ0n) is 17.1. The molecule has 4 N–H and O–H groups in total. The van der Waals surface area contributed by atoms with Crippen LogP contribution in [0.1, 0.15) is 58.7 Å². The number of nitrogens with one attached hydrogen (secondary N) is 2. The van der Waals surface area contributed by atoms with Gasteiger partial charge < -0.3 is 16.0 Å². The molecular weight excluding hydrogens is 326 g/mol. The molecule has 1 aromatic rings. The SMILES string of the molecule is CC(C)Cc1ccc([C@H]([NH2+]CC(=O)NCC(=O)NC(C)C)C(C)C)cc1. The number of carbonyl (C=O) groups excluding carboxylic acids is 2. The molecule has 0 heterocycles. The summed E-state index contributed by atoms with van der Waals surface area (Å²) >= 11 is 0. The van der Waals surface area contributed by atoms with Crippen molar-refractivity contribution in [3.8, 4) is 0 Å². The van der Waals surface area contributed by atoms with Gasteiger partial charge in [-0.1, -0.05) is 52.0 Å². The summed E-state index contributed by atoms with van der Waals surface area (Å²) in [4.78, 5) is 23.6. The Morgan fingerprint density at radius 1 is 0.962 bits per heavy atom. The Balaban J connectivity index is 2.55. The first kappa shape index (κ1) is 22.2. The van der Waals surface area contributed by atoms with E-state index in [9.17, 15) is 9.59 Å². The van der Waals surface area contributed by atoms with Gasteiger partial charge in [-0.2, -0.15) is 0 Å². The van der Waals surface area contributed by atoms with Gasteiger partial charge in [0.05, 0.1) is 6.54 Å². The molecule has 0 saturated heterocycles. The molecule has 0 unspecified atom stereocenters. The molecule has 0 radical (unpaired) electrons. The number of hydrogen-bond donors (Lipinski definition) is 3. The van der Waals surface area contributed by atoms with E-state index in [4.69, 9.17) is 0 Å². The van der Waals surface area contributed by atoms with Crippen molar-refractivity contribution >= 4 is 11.8 Å². The molecule has 0 aliphatic heterocycles. The van der Waals surface area contributed by atoms with E-state index in [1.54, 1.807) is 0 Å². The standard InChI is InChI=1S/C21H35N3O2/c1-14(2)11-17-7-9-18(10-8-17)21(15(3)4)23-12-19(25)22-13-20(26)24-16(5)6/h7-10,14-16,21,23H,11-13H2,1-6H3,(H,22,25)(H,24,26)/p+1/t21-/m1/s1. The third kappa shape index (κ3) is 8.48. The van der Waals surface area contributed by atoms with Gasteiger partial charge in [-0.25, -0.2) is 0 Å². The van der Waals surface area contributed by atoms with Crippen molar-refractivity contribution in [1.29, 1.82) is 0 Å². The fourth-order valence-corrected chi connectivity index (χ4v) is 3.00. The molecule has 0 spiro atoms. The fraction of sp³-hybridized carbons (Fsp3) is 0.619. The van der Waals surface area contributed by atoms with Gasteiger partial charge in [0.2, 0.25) is 5.91 Å². The molecule has 0 fully saturated rings. The number of rotatable bonds is 10. The molecule has 0 aliphatic rings. The summed E-state index contributed by atoms with van der Waals surface area (Å²) in [6.45, 7) is 12.9. The van der Waals surface area contributed by atoms with Crippen molar-refractivity contribution in [3.05, 3.63) is 35.4 Å². The normalized spacial score (nSPS) is 12.5. The maximum absolute atomic E-state index is 12.0. The van der Waals surface area contributed by atoms with Crippen LogP contribution in [0.3, 0.4) is 0 Å². The monoisotopic (exact) mass is 362 g/mol. The van der Waals surface area contributed by atoms with E-state index in [0.29, 0.717) is 18.4 Å². The number of benzene rings is 1. The zero-order valence-corrected chi connectivity index (χ0v) is 17.1. The maximum Gasteiger partial charge on any atom is 0.275 e. The predicted molar refractivity (Wildman–Crippen MR) is 106 cm³/mol. The molecule has 1 rings (SSSR count). The molecule has 2 amide bonds. The number of quaternary nitrogens is 1. The Labute approximate surface area is 158 Å². The molecule has 0 aromatic heterocycles. The summed E-state index contributed by atoms with van der Waals surface area (Å²) in [6, 6.07) is 9.03. The van der Waals surface area contributed by atoms with Crippen LogP contribution in [0.5, 0.6) is 0 Å². The van der Waals surface area contributed by atoms with Gasteiger partial charge in [-0.15, -0.1) is 0 Å². The maximum atomic E-state index is 12.0. The van der Waals surface area contributed by atoms with Crippen molar-refractivity contribution in [2.24, 2.45) is 11.8 Å². The van der Waals surface area contributed by atoms with Crippen molar-refractivity contribution < 1.29 is 14.9 Å². The Bertz CT molecular complexity index is 565. The third-order valence-electron chi connectivity index (χ3n) is 4.18. The van der Waals surface area contributed by atoms with Gasteiger partial charge in [0.25, 0.3) is 5.91 Å². The highest BCUT2D eigenvalue weighted by atomic mass is 16.2. The van der Waals surface area contributed by atoms with Crippen LogP contribution < -0.4 is 16.0 Å². The highest BCUT2D eigenvalue weighted by molar-refractivity contribution is 5.85. The number of amides is 2. The minimum absolute atomic E-state index is 0.0289. The molecular formula is C21H36N3O2+. The zero-order chi connectivity index (χ0) is 19.7. The summed E-state index contributed by atoms with van der Waals surface area (Å²) in [5.41, 5.74) is 2.58. The highest BCUT2D eigenvalue weighted by Crippen LogP contribution is 2.19. The second kappa shape index (κ2) is 11.0. The first-order chi connectivity index (χ1) is 12.2. The van der Waals surface area contributed by atoms with Crippen molar-refractivity contribution in [1.82, 2.24) is 10.6 Å². The van der Waals surface area contributed by atoms with E-state index in [0.717, 1.165) is 6.42 Å². The summed E-state index contributed by atoms with van der Waals surface area (Å²) in [5, 5.41) is 7.50. The molecule has 0 aliphatic carbocycles. The lowest BCUT2D eigenvalue weighted by Crippen LogP contribution is -2.88. The van der Waals surface area contributed by atoms with Gasteiger partial charge in [-0.05, 0) is 31.7 Å². The average Bonchev–Trinajstić information content (AvgIpc) is 2.53. The Kier molecular flexibility index (Phi) is 9.35. The van der Waals surface area contributed by atoms with Gasteiger partial charge in [0.1, 0.15) is 6.04 Å². The Morgan fingerprint density at radius 3 is 2.08 bits per heavy atom. The van der Waals surface area contributed by atoms with Gasteiger partial charge in [0.15, 0.2) is 6.54 Å². The van der Waals surface area contributed by atoms with E-state index in [2.05, 4.69) is 67.9 Å². The quantitative estimate of drug-likeness (QED) is 0.594. The molecule has 5 heteroatoms. The van der Waals surface area contributed by atoms with Crippen LogP contribution in [-0.2, 0) is 16.0 Å². The third-order valence-corrected chi connectivity index (χ3v) is 4.18. The summed E-state index contributed by atoms with van der Waals surface area (Å²) in [7, 11) is 0. The summed E-state index contributed by atoms with van der Waals surface area (Å²) < 4.78 is 0. The van der Waals surface area contributed by atoms with Crippen LogP contribution in [0, 0.1) is 11.8 Å². The smallest absolute Gasteiger partial charge is 0.275 e. The molecule has 0 bridgehead atoms. The predicted octanol–water partition coefficient (Wildman–Crippen LogP) is 1.79. The van der Waals surface area contributed by atoms with E-state index in [-0.39, 0.29) is 30.4 Å². The Morgan fingerprint density at radius 2 is 1.58 bits per heavy atom. The van der Waals surface area contributed by atoms with E-state index < -0.39 is 0 Å². The van der Waals surface area contributed by atoms with E-state index >= 15 is 0 Å². The lowest BCUT2D eigenvalue weighted by atomic mass is 9.94. The molecule has 1 atom stereocenters. The van der Waals surface area contributed by atoms with Crippen molar-refractivity contribution in [3.63, 3.8) is 0 Å². The lowest BCUT2D eigenvalue weighted by molar-refractivity contribution is -0.692. The van der Waals surface area contributed by atoms with Crippen LogP contribution in [0.25, 0.3) is 0 Å². The largest absolute Gasteiger partial charge is 0.352 e. The van der Waals surface area contributed by atoms with E-state index in [1.807, 2.05) is 13.8 Å². The van der Waals surface area contributed by atoms with Crippen LogP contribution >= 0.6 is 0 Å². The van der Waals surface area contributed by atoms with Crippen LogP contribution in [0.2, 0.25) is 0 Å². The van der Waals surface area contributed by atoms with Gasteiger partial charge >= 0.3 is 0 Å². The van der Waals surface area contributed by atoms with Gasteiger partial charge in [-0.3, -0.25) is 9.59 Å². The van der Waals surface area contributed by atoms with Crippen LogP contribution in [0.15, 0.2) is 24.3 Å². The first-order valence-electron chi connectivity index (χ1n) is 9.67. The van der Waals surface area contributed by atoms with Crippen molar-refractivity contribution in [2.45, 2.75) is 60.0 Å². The highest BCUT2D eigenvalue weighted by Gasteiger charge is 2.20. The van der Waals surface area contributed by atoms with Crippen molar-refractivity contribution in [2.75, 3.05) is 13.1 Å². The average molecular weight is 363 g/mol. The lowest BCUT2D eigenvalue weighted by Gasteiger charge is -2.20. The fourth-order valence-electron chi connectivity index (χ4n) is 3.00. The van der Waals surface area contributed by atoms with Crippen LogP contribution in [0.4, 0.5) is 0 Å². The molecule has 146 valence electrons. The van der Waals surface area contributed by atoms with Gasteiger partial charge in [0, 0.05) is 17.5 Å². The second-order valence-corrected chi connectivity index (χ2v) is 8.05. The number of hydrogen-bond acceptors (Lipinski definition) is 2. The minimum Gasteiger partial charge on any atom is -0.352 e.